The lowest BCUT2D eigenvalue weighted by molar-refractivity contribution is 0.00578. The van der Waals surface area contributed by atoms with Gasteiger partial charge in [-0.1, -0.05) is 218 Å². The van der Waals surface area contributed by atoms with E-state index in [9.17, 15) is 0 Å². The minimum absolute atomic E-state index is 0.376. The molecule has 340 valence electrons. The Hall–Kier alpha value is -7.81. The summed E-state index contributed by atoms with van der Waals surface area (Å²) in [5.41, 5.74) is 14.6. The van der Waals surface area contributed by atoms with Gasteiger partial charge in [-0.2, -0.15) is 0 Å². The van der Waals surface area contributed by atoms with Crippen molar-refractivity contribution in [3.63, 3.8) is 0 Å². The molecule has 1 aliphatic rings. The first-order valence-electron chi connectivity index (χ1n) is 23.5. The van der Waals surface area contributed by atoms with Crippen molar-refractivity contribution in [2.24, 2.45) is 0 Å². The van der Waals surface area contributed by atoms with Gasteiger partial charge < -0.3 is 9.31 Å². The third kappa shape index (κ3) is 10.3. The van der Waals surface area contributed by atoms with Crippen molar-refractivity contribution in [2.75, 3.05) is 0 Å². The van der Waals surface area contributed by atoms with Gasteiger partial charge in [0.25, 0.3) is 0 Å². The Morgan fingerprint density at radius 2 is 0.571 bits per heavy atom. The van der Waals surface area contributed by atoms with Gasteiger partial charge in [0.1, 0.15) is 0 Å². The van der Waals surface area contributed by atoms with Gasteiger partial charge in [0.05, 0.1) is 34.0 Å². The second-order valence-electron chi connectivity index (χ2n) is 18.3. The molecule has 0 saturated carbocycles. The molecule has 6 nitrogen and oxygen atoms in total. The monoisotopic (exact) mass is 928 g/mol. The van der Waals surface area contributed by atoms with Crippen molar-refractivity contribution >= 4 is 24.2 Å². The van der Waals surface area contributed by atoms with Crippen molar-refractivity contribution in [3.05, 3.63) is 236 Å². The van der Waals surface area contributed by atoms with Crippen LogP contribution in [0.15, 0.2) is 231 Å². The summed E-state index contributed by atoms with van der Waals surface area (Å²) < 4.78 is 12.5. The molecule has 1 saturated heterocycles. The molecule has 0 amide bonds. The third-order valence-electron chi connectivity index (χ3n) is 13.0. The summed E-state index contributed by atoms with van der Waals surface area (Å²) in [6.07, 6.45) is 0. The van der Waals surface area contributed by atoms with E-state index in [1.807, 2.05) is 103 Å². The maximum atomic E-state index is 6.24. The maximum absolute atomic E-state index is 6.24. The standard InChI is InChI=1S/C34H31BN2O2.C28H19ClN2/c1-33(2)34(3,4)39-35(38-33)29-21-19-27(20-22-29)31-23-30(36-32(37-31)28-13-9-6-10-14-28)26-17-15-25(16-18-26)24-11-7-5-8-12-24;29-25-17-15-23(16-18-25)27-19-26(30-28(31-27)24-9-5-2-6-10-24)22-13-11-21(12-14-22)20-7-3-1-4-8-20/h5-23H,1-4H3;1-19H. The molecule has 1 fully saturated rings. The Morgan fingerprint density at radius 1 is 0.314 bits per heavy atom. The van der Waals surface area contributed by atoms with Crippen molar-refractivity contribution in [1.29, 1.82) is 0 Å². The molecule has 8 aromatic carbocycles. The third-order valence-corrected chi connectivity index (χ3v) is 13.2. The summed E-state index contributed by atoms with van der Waals surface area (Å²) in [6, 6.07) is 78.2. The van der Waals surface area contributed by atoms with Gasteiger partial charge in [0, 0.05) is 38.4 Å². The van der Waals surface area contributed by atoms with Crippen molar-refractivity contribution in [3.8, 4) is 90.1 Å². The smallest absolute Gasteiger partial charge is 0.399 e. The molecule has 0 radical (unpaired) electrons. The highest BCUT2D eigenvalue weighted by Crippen LogP contribution is 2.37. The van der Waals surface area contributed by atoms with Gasteiger partial charge in [0.15, 0.2) is 11.6 Å². The Labute approximate surface area is 415 Å². The molecule has 0 N–H and O–H groups in total. The molecule has 0 aliphatic carbocycles. The fourth-order valence-corrected chi connectivity index (χ4v) is 8.38. The van der Waals surface area contributed by atoms with Crippen LogP contribution < -0.4 is 5.46 Å². The van der Waals surface area contributed by atoms with Crippen LogP contribution >= 0.6 is 11.6 Å². The second-order valence-corrected chi connectivity index (χ2v) is 18.7. The molecule has 0 unspecified atom stereocenters. The summed E-state index contributed by atoms with van der Waals surface area (Å²) in [5.74, 6) is 1.40. The lowest BCUT2D eigenvalue weighted by Gasteiger charge is -2.32. The molecular weight excluding hydrogens is 879 g/mol. The summed E-state index contributed by atoms with van der Waals surface area (Å²) in [4.78, 5) is 19.6. The van der Waals surface area contributed by atoms with Crippen LogP contribution in [0.1, 0.15) is 27.7 Å². The molecular formula is C62H50BClN4O2. The van der Waals surface area contributed by atoms with Crippen LogP contribution in [0.5, 0.6) is 0 Å². The first-order valence-corrected chi connectivity index (χ1v) is 23.9. The van der Waals surface area contributed by atoms with Crippen LogP contribution in [-0.4, -0.2) is 38.3 Å². The van der Waals surface area contributed by atoms with E-state index >= 15 is 0 Å². The van der Waals surface area contributed by atoms with Gasteiger partial charge in [-0.25, -0.2) is 19.9 Å². The topological polar surface area (TPSA) is 70.0 Å². The summed E-state index contributed by atoms with van der Waals surface area (Å²) in [5, 5.41) is 0.706. The molecule has 2 aromatic heterocycles. The molecule has 0 atom stereocenters. The quantitative estimate of drug-likeness (QED) is 0.134. The number of halogens is 1. The average molecular weight is 929 g/mol. The van der Waals surface area contributed by atoms with E-state index in [0.717, 1.165) is 61.6 Å². The first-order chi connectivity index (χ1) is 34.0. The Balaban J connectivity index is 0.000000166. The van der Waals surface area contributed by atoms with E-state index in [1.54, 1.807) is 0 Å². The Kier molecular flexibility index (Phi) is 13.2. The van der Waals surface area contributed by atoms with Gasteiger partial charge in [-0.05, 0) is 79.7 Å². The summed E-state index contributed by atoms with van der Waals surface area (Å²) >= 11 is 6.09. The predicted octanol–water partition coefficient (Wildman–Crippen LogP) is 15.2. The van der Waals surface area contributed by atoms with Gasteiger partial charge >= 0.3 is 7.12 Å². The van der Waals surface area contributed by atoms with E-state index in [-0.39, 0.29) is 11.2 Å². The highest BCUT2D eigenvalue weighted by molar-refractivity contribution is 6.62. The zero-order valence-corrected chi connectivity index (χ0v) is 40.3. The van der Waals surface area contributed by atoms with Gasteiger partial charge in [-0.15, -0.1) is 0 Å². The zero-order valence-electron chi connectivity index (χ0n) is 39.5. The van der Waals surface area contributed by atoms with Crippen LogP contribution in [0.3, 0.4) is 0 Å². The summed E-state index contributed by atoms with van der Waals surface area (Å²) in [7, 11) is -0.395. The van der Waals surface area contributed by atoms with Crippen molar-refractivity contribution in [1.82, 2.24) is 19.9 Å². The fraction of sp³-hybridized carbons (Fsp3) is 0.0968. The largest absolute Gasteiger partial charge is 0.494 e. The van der Waals surface area contributed by atoms with E-state index in [0.29, 0.717) is 16.7 Å². The molecule has 8 heteroatoms. The molecule has 11 rings (SSSR count). The van der Waals surface area contributed by atoms with Crippen molar-refractivity contribution < 1.29 is 9.31 Å². The molecule has 1 aliphatic heterocycles. The second kappa shape index (κ2) is 20.0. The van der Waals surface area contributed by atoms with E-state index in [2.05, 4.69) is 155 Å². The van der Waals surface area contributed by atoms with E-state index < -0.39 is 7.12 Å². The van der Waals surface area contributed by atoms with E-state index in [1.165, 1.54) is 22.3 Å². The number of aromatic nitrogens is 4. The van der Waals surface area contributed by atoms with Crippen LogP contribution in [0, 0.1) is 0 Å². The zero-order chi connectivity index (χ0) is 48.1. The van der Waals surface area contributed by atoms with Crippen LogP contribution in [0.25, 0.3) is 90.1 Å². The van der Waals surface area contributed by atoms with E-state index in [4.69, 9.17) is 40.8 Å². The molecule has 10 aromatic rings. The lowest BCUT2D eigenvalue weighted by atomic mass is 9.79. The van der Waals surface area contributed by atoms with Crippen molar-refractivity contribution in [2.45, 2.75) is 38.9 Å². The summed E-state index contributed by atoms with van der Waals surface area (Å²) in [6.45, 7) is 8.28. The predicted molar refractivity (Wildman–Crippen MR) is 288 cm³/mol. The maximum Gasteiger partial charge on any atom is 0.494 e. The highest BCUT2D eigenvalue weighted by Gasteiger charge is 2.51. The molecule has 3 heterocycles. The number of rotatable bonds is 9. The molecule has 70 heavy (non-hydrogen) atoms. The highest BCUT2D eigenvalue weighted by atomic mass is 35.5. The normalized spacial score (nSPS) is 13.6. The number of benzene rings is 8. The fourth-order valence-electron chi connectivity index (χ4n) is 8.26. The molecule has 0 bridgehead atoms. The number of nitrogens with zero attached hydrogens (tertiary/aromatic N) is 4. The number of hydrogen-bond donors (Lipinski definition) is 0. The minimum atomic E-state index is -0.395. The minimum Gasteiger partial charge on any atom is -0.399 e. The Bertz CT molecular complexity index is 3320. The van der Waals surface area contributed by atoms with Crippen LogP contribution in [-0.2, 0) is 9.31 Å². The Morgan fingerprint density at radius 3 is 0.900 bits per heavy atom. The average Bonchev–Trinajstić information content (AvgIpc) is 3.65. The SMILES string of the molecule is CC1(C)OB(c2ccc(-c3cc(-c4ccc(-c5ccccc5)cc4)nc(-c4ccccc4)n3)cc2)OC1(C)C.Clc1ccc(-c2cc(-c3ccc(-c4ccccc4)cc3)nc(-c3ccccc3)n2)cc1. The van der Waals surface area contributed by atoms with Gasteiger partial charge in [-0.3, -0.25) is 0 Å². The van der Waals surface area contributed by atoms with Crippen LogP contribution in [0.2, 0.25) is 5.02 Å². The first kappa shape index (κ1) is 46.0. The molecule has 0 spiro atoms. The van der Waals surface area contributed by atoms with Gasteiger partial charge in [0.2, 0.25) is 0 Å². The number of hydrogen-bond acceptors (Lipinski definition) is 6. The lowest BCUT2D eigenvalue weighted by Crippen LogP contribution is -2.41. The van der Waals surface area contributed by atoms with Crippen LogP contribution in [0.4, 0.5) is 0 Å².